The second-order valence-electron chi connectivity index (χ2n) is 4.97. The van der Waals surface area contributed by atoms with Gasteiger partial charge in [0.25, 0.3) is 5.91 Å². The highest BCUT2D eigenvalue weighted by Gasteiger charge is 2.27. The van der Waals surface area contributed by atoms with Gasteiger partial charge >= 0.3 is 0 Å². The summed E-state index contributed by atoms with van der Waals surface area (Å²) in [6.45, 7) is 2.61. The standard InChI is InChI=1S/C14H19BrN2O.ClH/c1-9-7-11(15)5-6-12(9)14(18)17-13-4-2-3-10(13)8-16;/h5-7,10,13H,2-4,8,16H2,1H3,(H,17,18);1H. The molecule has 1 aliphatic rings. The van der Waals surface area contributed by atoms with Crippen molar-refractivity contribution in [3.05, 3.63) is 33.8 Å². The van der Waals surface area contributed by atoms with E-state index in [1.165, 1.54) is 0 Å². The monoisotopic (exact) mass is 346 g/mol. The van der Waals surface area contributed by atoms with Crippen LogP contribution in [-0.4, -0.2) is 18.5 Å². The Morgan fingerprint density at radius 2 is 2.21 bits per heavy atom. The van der Waals surface area contributed by atoms with Gasteiger partial charge < -0.3 is 11.1 Å². The van der Waals surface area contributed by atoms with Crippen LogP contribution in [0.5, 0.6) is 0 Å². The molecule has 0 bridgehead atoms. The fourth-order valence-electron chi connectivity index (χ4n) is 2.64. The summed E-state index contributed by atoms with van der Waals surface area (Å²) in [6, 6.07) is 5.97. The zero-order chi connectivity index (χ0) is 13.1. The number of hydrogen-bond donors (Lipinski definition) is 2. The predicted molar refractivity (Wildman–Crippen MR) is 83.8 cm³/mol. The molecule has 0 saturated heterocycles. The number of rotatable bonds is 3. The van der Waals surface area contributed by atoms with Gasteiger partial charge in [0.05, 0.1) is 0 Å². The molecular formula is C14H20BrClN2O. The first-order valence-electron chi connectivity index (χ1n) is 6.39. The van der Waals surface area contributed by atoms with Crippen LogP contribution in [0.15, 0.2) is 22.7 Å². The zero-order valence-corrected chi connectivity index (χ0v) is 13.4. The van der Waals surface area contributed by atoms with Crippen molar-refractivity contribution in [3.8, 4) is 0 Å². The zero-order valence-electron chi connectivity index (χ0n) is 11.0. The molecule has 1 aliphatic carbocycles. The molecule has 5 heteroatoms. The van der Waals surface area contributed by atoms with Gasteiger partial charge in [-0.3, -0.25) is 4.79 Å². The lowest BCUT2D eigenvalue weighted by Gasteiger charge is -2.20. The maximum Gasteiger partial charge on any atom is 0.251 e. The molecule has 1 amide bonds. The van der Waals surface area contributed by atoms with Crippen molar-refractivity contribution in [2.24, 2.45) is 11.7 Å². The lowest BCUT2D eigenvalue weighted by molar-refractivity contribution is 0.0928. The van der Waals surface area contributed by atoms with Crippen LogP contribution in [0.25, 0.3) is 0 Å². The molecule has 2 atom stereocenters. The third-order valence-electron chi connectivity index (χ3n) is 3.71. The van der Waals surface area contributed by atoms with Crippen molar-refractivity contribution in [1.29, 1.82) is 0 Å². The Labute approximate surface area is 128 Å². The lowest BCUT2D eigenvalue weighted by atomic mass is 10.0. The average Bonchev–Trinajstić information content (AvgIpc) is 2.76. The Bertz CT molecular complexity index is 453. The fourth-order valence-corrected chi connectivity index (χ4v) is 3.11. The van der Waals surface area contributed by atoms with Crippen LogP contribution in [0, 0.1) is 12.8 Å². The van der Waals surface area contributed by atoms with E-state index in [-0.39, 0.29) is 24.4 Å². The van der Waals surface area contributed by atoms with Crippen molar-refractivity contribution < 1.29 is 4.79 Å². The summed E-state index contributed by atoms with van der Waals surface area (Å²) in [5.41, 5.74) is 7.47. The van der Waals surface area contributed by atoms with Crippen LogP contribution in [0.4, 0.5) is 0 Å². The van der Waals surface area contributed by atoms with Gasteiger partial charge in [0.15, 0.2) is 0 Å². The molecule has 0 heterocycles. The number of carbonyl (C=O) groups excluding carboxylic acids is 1. The molecule has 19 heavy (non-hydrogen) atoms. The Balaban J connectivity index is 0.00000180. The summed E-state index contributed by atoms with van der Waals surface area (Å²) in [5, 5.41) is 3.12. The highest BCUT2D eigenvalue weighted by atomic mass is 79.9. The van der Waals surface area contributed by atoms with Crippen molar-refractivity contribution in [3.63, 3.8) is 0 Å². The molecule has 106 valence electrons. The summed E-state index contributed by atoms with van der Waals surface area (Å²) >= 11 is 3.41. The van der Waals surface area contributed by atoms with Crippen molar-refractivity contribution in [2.45, 2.75) is 32.2 Å². The fraction of sp³-hybridized carbons (Fsp3) is 0.500. The van der Waals surface area contributed by atoms with Crippen molar-refractivity contribution in [1.82, 2.24) is 5.32 Å². The third kappa shape index (κ3) is 3.94. The van der Waals surface area contributed by atoms with Crippen LogP contribution >= 0.6 is 28.3 Å². The summed E-state index contributed by atoms with van der Waals surface area (Å²) in [7, 11) is 0. The lowest BCUT2D eigenvalue weighted by Crippen LogP contribution is -2.40. The van der Waals surface area contributed by atoms with E-state index in [0.29, 0.717) is 12.5 Å². The van der Waals surface area contributed by atoms with Crippen LogP contribution < -0.4 is 11.1 Å². The minimum Gasteiger partial charge on any atom is -0.349 e. The maximum absolute atomic E-state index is 12.2. The van der Waals surface area contributed by atoms with E-state index in [0.717, 1.165) is 34.9 Å². The normalized spacial score (nSPS) is 21.8. The van der Waals surface area contributed by atoms with Gasteiger partial charge in [0.2, 0.25) is 0 Å². The van der Waals surface area contributed by atoms with E-state index in [4.69, 9.17) is 5.73 Å². The number of amides is 1. The molecule has 0 aromatic heterocycles. The van der Waals surface area contributed by atoms with Gasteiger partial charge in [-0.2, -0.15) is 0 Å². The first-order valence-corrected chi connectivity index (χ1v) is 7.18. The summed E-state index contributed by atoms with van der Waals surface area (Å²) < 4.78 is 0.997. The molecule has 1 aromatic carbocycles. The third-order valence-corrected chi connectivity index (χ3v) is 4.20. The van der Waals surface area contributed by atoms with E-state index in [1.807, 2.05) is 25.1 Å². The van der Waals surface area contributed by atoms with Gasteiger partial charge in [0.1, 0.15) is 0 Å². The molecule has 3 nitrogen and oxygen atoms in total. The van der Waals surface area contributed by atoms with Crippen LogP contribution in [0.2, 0.25) is 0 Å². The van der Waals surface area contributed by atoms with Gasteiger partial charge in [-0.15, -0.1) is 12.4 Å². The quantitative estimate of drug-likeness (QED) is 0.883. The summed E-state index contributed by atoms with van der Waals surface area (Å²) in [5.74, 6) is 0.454. The maximum atomic E-state index is 12.2. The van der Waals surface area contributed by atoms with Crippen molar-refractivity contribution >= 4 is 34.2 Å². The predicted octanol–water partition coefficient (Wildman–Crippen LogP) is 3.04. The SMILES string of the molecule is Cc1cc(Br)ccc1C(=O)NC1CCCC1CN.Cl. The minimum atomic E-state index is 0. The molecular weight excluding hydrogens is 328 g/mol. The number of nitrogens with one attached hydrogen (secondary N) is 1. The van der Waals surface area contributed by atoms with Gasteiger partial charge in [0, 0.05) is 16.1 Å². The molecule has 1 fully saturated rings. The summed E-state index contributed by atoms with van der Waals surface area (Å²) in [6.07, 6.45) is 3.33. The topological polar surface area (TPSA) is 55.1 Å². The number of hydrogen-bond acceptors (Lipinski definition) is 2. The molecule has 2 unspecified atom stereocenters. The van der Waals surface area contributed by atoms with E-state index in [1.54, 1.807) is 0 Å². The molecule has 2 rings (SSSR count). The Kier molecular flexibility index (Phi) is 6.30. The van der Waals surface area contributed by atoms with Gasteiger partial charge in [-0.25, -0.2) is 0 Å². The number of nitrogens with two attached hydrogens (primary N) is 1. The first-order chi connectivity index (χ1) is 8.61. The second-order valence-corrected chi connectivity index (χ2v) is 5.88. The molecule has 0 aliphatic heterocycles. The second kappa shape index (κ2) is 7.27. The number of halogens is 2. The van der Waals surface area contributed by atoms with Crippen LogP contribution in [-0.2, 0) is 0 Å². The largest absolute Gasteiger partial charge is 0.349 e. The first kappa shape index (κ1) is 16.5. The summed E-state index contributed by atoms with van der Waals surface area (Å²) in [4.78, 5) is 12.2. The number of carbonyl (C=O) groups is 1. The average molecular weight is 348 g/mol. The minimum absolute atomic E-state index is 0. The van der Waals surface area contributed by atoms with E-state index >= 15 is 0 Å². The van der Waals surface area contributed by atoms with E-state index in [9.17, 15) is 4.79 Å². The van der Waals surface area contributed by atoms with Crippen molar-refractivity contribution in [2.75, 3.05) is 6.54 Å². The van der Waals surface area contributed by atoms with Gasteiger partial charge in [-0.05, 0) is 56.0 Å². The Morgan fingerprint density at radius 3 is 2.84 bits per heavy atom. The highest BCUT2D eigenvalue weighted by Crippen LogP contribution is 2.25. The molecule has 3 N–H and O–H groups in total. The molecule has 0 spiro atoms. The molecule has 1 aromatic rings. The van der Waals surface area contributed by atoms with Gasteiger partial charge in [-0.1, -0.05) is 22.4 Å². The van der Waals surface area contributed by atoms with E-state index in [2.05, 4.69) is 21.2 Å². The highest BCUT2D eigenvalue weighted by molar-refractivity contribution is 9.10. The molecule has 0 radical (unpaired) electrons. The number of benzene rings is 1. The van der Waals surface area contributed by atoms with Crippen LogP contribution in [0.1, 0.15) is 35.2 Å². The number of aryl methyl sites for hydroxylation is 1. The van der Waals surface area contributed by atoms with E-state index < -0.39 is 0 Å². The Morgan fingerprint density at radius 1 is 1.47 bits per heavy atom. The van der Waals surface area contributed by atoms with Crippen LogP contribution in [0.3, 0.4) is 0 Å². The molecule has 1 saturated carbocycles. The Hall–Kier alpha value is -0.580. The smallest absolute Gasteiger partial charge is 0.251 e.